The summed E-state index contributed by atoms with van der Waals surface area (Å²) in [6, 6.07) is 20.6. The van der Waals surface area contributed by atoms with Gasteiger partial charge in [0.25, 0.3) is 0 Å². The smallest absolute Gasteiger partial charge is 0.193 e. The second-order valence-corrected chi connectivity index (χ2v) is 10.8. The van der Waals surface area contributed by atoms with Gasteiger partial charge in [-0.05, 0) is 74.2 Å². The Morgan fingerprint density at radius 3 is 1.82 bits per heavy atom. The first kappa shape index (κ1) is 24.9. The summed E-state index contributed by atoms with van der Waals surface area (Å²) in [5.41, 5.74) is 2.24. The third kappa shape index (κ3) is 6.86. The highest BCUT2D eigenvalue weighted by atomic mass is 32.2. The van der Waals surface area contributed by atoms with Crippen molar-refractivity contribution < 1.29 is 18.5 Å². The Balaban J connectivity index is 1.75. The highest BCUT2D eigenvalue weighted by Gasteiger charge is 2.17. The van der Waals surface area contributed by atoms with Gasteiger partial charge >= 0.3 is 0 Å². The molecule has 33 heavy (non-hydrogen) atoms. The maximum Gasteiger partial charge on any atom is 0.193 e. The number of benzene rings is 3. The van der Waals surface area contributed by atoms with Gasteiger partial charge < -0.3 is 13.7 Å². The molecule has 0 aliphatic heterocycles. The minimum Gasteiger partial charge on any atom is -0.488 e. The molecule has 3 aromatic rings. The van der Waals surface area contributed by atoms with Gasteiger partial charge in [-0.2, -0.15) is 0 Å². The zero-order chi connectivity index (χ0) is 24.2. The number of carbonyl (C=O) groups excluding carboxylic acids is 1. The van der Waals surface area contributed by atoms with Crippen molar-refractivity contribution in [2.45, 2.75) is 57.5 Å². The first-order valence-corrected chi connectivity index (χ1v) is 11.7. The molecule has 0 fully saturated rings. The van der Waals surface area contributed by atoms with Gasteiger partial charge in [-0.15, -0.1) is 0 Å². The molecule has 4 nitrogen and oxygen atoms in total. The molecule has 0 radical (unpaired) electrons. The van der Waals surface area contributed by atoms with Crippen LogP contribution in [0.25, 0.3) is 0 Å². The molecular weight excluding hydrogens is 432 g/mol. The molecule has 0 atom stereocenters. The molecule has 0 saturated heterocycles. The lowest BCUT2D eigenvalue weighted by Crippen LogP contribution is -2.22. The average molecular weight is 465 g/mol. The number of ketones is 1. The first-order chi connectivity index (χ1) is 15.5. The van der Waals surface area contributed by atoms with Crippen LogP contribution in [0.1, 0.15) is 63.0 Å². The highest BCUT2D eigenvalue weighted by molar-refractivity contribution is 7.94. The Morgan fingerprint density at radius 2 is 1.30 bits per heavy atom. The Kier molecular flexibility index (Phi) is 7.55. The summed E-state index contributed by atoms with van der Waals surface area (Å²) >= 11 is 1.21. The predicted octanol–water partition coefficient (Wildman–Crippen LogP) is 7.84. The van der Waals surface area contributed by atoms with Gasteiger partial charge in [-0.3, -0.25) is 4.79 Å². The average Bonchev–Trinajstić information content (AvgIpc) is 2.74. The molecule has 0 aromatic heterocycles. The van der Waals surface area contributed by atoms with Gasteiger partial charge in [-0.1, -0.05) is 45.0 Å². The van der Waals surface area contributed by atoms with Crippen LogP contribution < -0.4 is 9.47 Å². The summed E-state index contributed by atoms with van der Waals surface area (Å²) in [6.07, 6.45) is 0. The summed E-state index contributed by atoms with van der Waals surface area (Å²) in [5, 5.41) is 0. The van der Waals surface area contributed by atoms with E-state index in [1.165, 1.54) is 17.6 Å². The zero-order valence-corrected chi connectivity index (χ0v) is 21.2. The molecule has 3 rings (SSSR count). The van der Waals surface area contributed by atoms with Crippen molar-refractivity contribution in [1.29, 1.82) is 0 Å². The van der Waals surface area contributed by atoms with E-state index in [4.69, 9.17) is 13.7 Å². The fourth-order valence-corrected chi connectivity index (χ4v) is 3.77. The lowest BCUT2D eigenvalue weighted by Gasteiger charge is -2.22. The van der Waals surface area contributed by atoms with Crippen LogP contribution in [0.5, 0.6) is 17.2 Å². The van der Waals surface area contributed by atoms with Crippen molar-refractivity contribution in [3.8, 4) is 17.2 Å². The van der Waals surface area contributed by atoms with E-state index >= 15 is 0 Å². The van der Waals surface area contributed by atoms with Gasteiger partial charge in [0, 0.05) is 23.2 Å². The number of rotatable bonds is 7. The molecule has 0 amide bonds. The lowest BCUT2D eigenvalue weighted by molar-refractivity contribution is 0.103. The molecule has 0 saturated carbocycles. The van der Waals surface area contributed by atoms with Crippen LogP contribution in [0.4, 0.5) is 0 Å². The molecule has 3 aromatic carbocycles. The van der Waals surface area contributed by atoms with Crippen LogP contribution in [0.2, 0.25) is 0 Å². The van der Waals surface area contributed by atoms with E-state index in [1.807, 2.05) is 63.2 Å². The van der Waals surface area contributed by atoms with Crippen LogP contribution in [0, 0.1) is 0 Å². The number of carbonyl (C=O) groups is 1. The normalized spacial score (nSPS) is 11.8. The monoisotopic (exact) mass is 464 g/mol. The molecule has 0 spiro atoms. The maximum absolute atomic E-state index is 12.9. The van der Waals surface area contributed by atoms with E-state index in [0.29, 0.717) is 22.6 Å². The van der Waals surface area contributed by atoms with Gasteiger partial charge in [0.15, 0.2) is 5.78 Å². The van der Waals surface area contributed by atoms with Crippen molar-refractivity contribution in [3.63, 3.8) is 0 Å². The molecule has 0 aliphatic rings. The van der Waals surface area contributed by atoms with Crippen LogP contribution >= 0.6 is 12.0 Å². The fraction of sp³-hybridized carbons (Fsp3) is 0.321. The quantitative estimate of drug-likeness (QED) is 0.263. The molecule has 0 unspecified atom stereocenters. The zero-order valence-electron chi connectivity index (χ0n) is 20.4. The standard InChI is InChI=1S/C28H32O4S/c1-27(2,3)21-12-8-19(9-13-21)26(29)20-10-14-22(15-11-20)31-24-17-16-23(32-28(4,5)6)18-25(24)33-30-7/h8-18H,1-7H3. The second-order valence-electron chi connectivity index (χ2n) is 9.86. The van der Waals surface area contributed by atoms with E-state index < -0.39 is 0 Å². The van der Waals surface area contributed by atoms with Crippen molar-refractivity contribution in [2.75, 3.05) is 7.11 Å². The Hall–Kier alpha value is -2.76. The molecule has 174 valence electrons. The summed E-state index contributed by atoms with van der Waals surface area (Å²) in [4.78, 5) is 13.7. The summed E-state index contributed by atoms with van der Waals surface area (Å²) in [5.74, 6) is 2.02. The number of ether oxygens (including phenoxy) is 2. The molecule has 0 aliphatic carbocycles. The Labute approximate surface area is 201 Å². The van der Waals surface area contributed by atoms with Gasteiger partial charge in [0.2, 0.25) is 0 Å². The molecule has 0 heterocycles. The van der Waals surface area contributed by atoms with E-state index in [9.17, 15) is 4.79 Å². The SMILES string of the molecule is COSc1cc(OC(C)(C)C)ccc1Oc1ccc(C(=O)c2ccc(C(C)(C)C)cc2)cc1. The van der Waals surface area contributed by atoms with Gasteiger partial charge in [0.1, 0.15) is 22.8 Å². The molecule has 0 N–H and O–H groups in total. The van der Waals surface area contributed by atoms with Gasteiger partial charge in [-0.25, -0.2) is 0 Å². The van der Waals surface area contributed by atoms with E-state index in [1.54, 1.807) is 31.4 Å². The maximum atomic E-state index is 12.9. The van der Waals surface area contributed by atoms with E-state index in [0.717, 1.165) is 10.6 Å². The van der Waals surface area contributed by atoms with E-state index in [-0.39, 0.29) is 16.8 Å². The summed E-state index contributed by atoms with van der Waals surface area (Å²) < 4.78 is 17.3. The van der Waals surface area contributed by atoms with Crippen LogP contribution in [-0.4, -0.2) is 18.5 Å². The Bertz CT molecular complexity index is 1090. The third-order valence-corrected chi connectivity index (χ3v) is 5.54. The second kappa shape index (κ2) is 10.0. The third-order valence-electron chi connectivity index (χ3n) is 4.87. The van der Waals surface area contributed by atoms with Crippen molar-refractivity contribution in [1.82, 2.24) is 0 Å². The molecule has 5 heteroatoms. The topological polar surface area (TPSA) is 44.8 Å². The fourth-order valence-electron chi connectivity index (χ4n) is 3.23. The largest absolute Gasteiger partial charge is 0.488 e. The predicted molar refractivity (Wildman–Crippen MR) is 135 cm³/mol. The first-order valence-electron chi connectivity index (χ1n) is 10.9. The van der Waals surface area contributed by atoms with Crippen molar-refractivity contribution >= 4 is 17.8 Å². The minimum absolute atomic E-state index is 0.0127. The number of hydrogen-bond donors (Lipinski definition) is 0. The van der Waals surface area contributed by atoms with Crippen molar-refractivity contribution in [2.24, 2.45) is 0 Å². The van der Waals surface area contributed by atoms with Crippen LogP contribution in [0.15, 0.2) is 71.6 Å². The van der Waals surface area contributed by atoms with Crippen LogP contribution in [0.3, 0.4) is 0 Å². The lowest BCUT2D eigenvalue weighted by atomic mass is 9.86. The van der Waals surface area contributed by atoms with Gasteiger partial charge in [0.05, 0.1) is 12.0 Å². The van der Waals surface area contributed by atoms with Crippen molar-refractivity contribution in [3.05, 3.63) is 83.4 Å². The Morgan fingerprint density at radius 1 is 0.758 bits per heavy atom. The van der Waals surface area contributed by atoms with Crippen LogP contribution in [-0.2, 0) is 9.60 Å². The minimum atomic E-state index is -0.299. The van der Waals surface area contributed by atoms with E-state index in [2.05, 4.69) is 20.8 Å². The summed E-state index contributed by atoms with van der Waals surface area (Å²) in [6.45, 7) is 12.5. The molecular formula is C28H32O4S. The highest BCUT2D eigenvalue weighted by Crippen LogP contribution is 2.37. The summed E-state index contributed by atoms with van der Waals surface area (Å²) in [7, 11) is 1.61. The number of hydrogen-bond acceptors (Lipinski definition) is 5. The molecule has 0 bridgehead atoms.